The van der Waals surface area contributed by atoms with Crippen LogP contribution in [0.15, 0.2) is 24.3 Å². The van der Waals surface area contributed by atoms with E-state index < -0.39 is 0 Å². The van der Waals surface area contributed by atoms with E-state index in [1.165, 1.54) is 5.56 Å². The molecule has 0 amide bonds. The minimum atomic E-state index is 0.228. The maximum atomic E-state index is 6.09. The van der Waals surface area contributed by atoms with Crippen molar-refractivity contribution in [3.63, 3.8) is 0 Å². The van der Waals surface area contributed by atoms with Crippen molar-refractivity contribution >= 4 is 0 Å². The molecule has 1 N–H and O–H groups in total. The summed E-state index contributed by atoms with van der Waals surface area (Å²) in [6.45, 7) is 13.0. The number of benzene rings is 1. The van der Waals surface area contributed by atoms with Gasteiger partial charge in [0.2, 0.25) is 0 Å². The van der Waals surface area contributed by atoms with E-state index in [0.29, 0.717) is 11.8 Å². The molecule has 0 aliphatic heterocycles. The van der Waals surface area contributed by atoms with Crippen molar-refractivity contribution in [1.82, 2.24) is 5.32 Å². The van der Waals surface area contributed by atoms with Crippen LogP contribution in [0.4, 0.5) is 0 Å². The van der Waals surface area contributed by atoms with Crippen molar-refractivity contribution in [3.8, 4) is 5.75 Å². The largest absolute Gasteiger partial charge is 0.489 e. The summed E-state index contributed by atoms with van der Waals surface area (Å²) in [7, 11) is 0. The smallest absolute Gasteiger partial charge is 0.119 e. The second-order valence-corrected chi connectivity index (χ2v) is 5.95. The molecule has 1 rings (SSSR count). The lowest BCUT2D eigenvalue weighted by Gasteiger charge is -2.23. The normalized spacial score (nSPS) is 13.0. The highest BCUT2D eigenvalue weighted by molar-refractivity contribution is 5.27. The summed E-state index contributed by atoms with van der Waals surface area (Å²) in [5, 5.41) is 3.48. The van der Waals surface area contributed by atoms with Crippen molar-refractivity contribution in [3.05, 3.63) is 29.8 Å². The summed E-state index contributed by atoms with van der Waals surface area (Å²) in [6.07, 6.45) is 1.30. The first-order chi connectivity index (χ1) is 9.02. The molecule has 108 valence electrons. The second kappa shape index (κ2) is 8.21. The highest BCUT2D eigenvalue weighted by Gasteiger charge is 2.15. The van der Waals surface area contributed by atoms with Crippen LogP contribution in [0, 0.1) is 11.8 Å². The Kier molecular flexibility index (Phi) is 6.93. The molecule has 1 atom stereocenters. The number of rotatable bonds is 8. The highest BCUT2D eigenvalue weighted by atomic mass is 16.5. The zero-order valence-electron chi connectivity index (χ0n) is 13.1. The van der Waals surface area contributed by atoms with Crippen LogP contribution < -0.4 is 10.1 Å². The third-order valence-electron chi connectivity index (χ3n) is 3.26. The maximum Gasteiger partial charge on any atom is 0.119 e. The molecule has 0 heterocycles. The first-order valence-electron chi connectivity index (χ1n) is 7.49. The van der Waals surface area contributed by atoms with E-state index in [1.54, 1.807) is 0 Å². The number of hydrogen-bond acceptors (Lipinski definition) is 2. The van der Waals surface area contributed by atoms with Crippen LogP contribution in [0.2, 0.25) is 0 Å². The molecule has 0 fully saturated rings. The Balaban J connectivity index is 2.52. The fourth-order valence-electron chi connectivity index (χ4n) is 1.91. The van der Waals surface area contributed by atoms with E-state index >= 15 is 0 Å². The monoisotopic (exact) mass is 263 g/mol. The molecular formula is C17H29NO. The number of aryl methyl sites for hydroxylation is 1. The van der Waals surface area contributed by atoms with Crippen LogP contribution in [0.25, 0.3) is 0 Å². The standard InChI is InChI=1S/C17H29NO/c1-6-15-7-9-16(10-8-15)19-17(14(4)5)12-18-11-13(2)3/h7-10,13-14,17-18H,6,11-12H2,1-5H3. The highest BCUT2D eigenvalue weighted by Crippen LogP contribution is 2.17. The van der Waals surface area contributed by atoms with Gasteiger partial charge in [-0.2, -0.15) is 0 Å². The molecule has 0 aliphatic rings. The maximum absolute atomic E-state index is 6.09. The van der Waals surface area contributed by atoms with E-state index in [-0.39, 0.29) is 6.10 Å². The van der Waals surface area contributed by atoms with Gasteiger partial charge >= 0.3 is 0 Å². The van der Waals surface area contributed by atoms with Crippen LogP contribution in [0.3, 0.4) is 0 Å². The Morgan fingerprint density at radius 2 is 1.63 bits per heavy atom. The lowest BCUT2D eigenvalue weighted by Crippen LogP contribution is -2.36. The number of ether oxygens (including phenoxy) is 1. The predicted molar refractivity (Wildman–Crippen MR) is 82.8 cm³/mol. The van der Waals surface area contributed by atoms with Gasteiger partial charge in [-0.3, -0.25) is 0 Å². The van der Waals surface area contributed by atoms with Crippen LogP contribution in [0.5, 0.6) is 5.75 Å². The minimum Gasteiger partial charge on any atom is -0.489 e. The van der Waals surface area contributed by atoms with Crippen molar-refractivity contribution in [2.24, 2.45) is 11.8 Å². The first kappa shape index (κ1) is 16.0. The van der Waals surface area contributed by atoms with Gasteiger partial charge in [-0.25, -0.2) is 0 Å². The van der Waals surface area contributed by atoms with Crippen molar-refractivity contribution in [2.45, 2.75) is 47.1 Å². The van der Waals surface area contributed by atoms with Crippen LogP contribution in [-0.2, 0) is 6.42 Å². The summed E-state index contributed by atoms with van der Waals surface area (Å²) in [5.74, 6) is 2.16. The van der Waals surface area contributed by atoms with Gasteiger partial charge in [-0.05, 0) is 42.5 Å². The van der Waals surface area contributed by atoms with E-state index in [2.05, 4.69) is 64.2 Å². The average Bonchev–Trinajstić information content (AvgIpc) is 2.37. The summed E-state index contributed by atoms with van der Waals surface area (Å²) in [4.78, 5) is 0. The van der Waals surface area contributed by atoms with Gasteiger partial charge in [0.1, 0.15) is 11.9 Å². The molecule has 0 saturated heterocycles. The summed E-state index contributed by atoms with van der Waals surface area (Å²) in [5.41, 5.74) is 1.35. The molecule has 2 nitrogen and oxygen atoms in total. The molecule has 0 radical (unpaired) electrons. The fraction of sp³-hybridized carbons (Fsp3) is 0.647. The van der Waals surface area contributed by atoms with Crippen LogP contribution in [-0.4, -0.2) is 19.2 Å². The van der Waals surface area contributed by atoms with Crippen LogP contribution >= 0.6 is 0 Å². The van der Waals surface area contributed by atoms with Gasteiger partial charge in [-0.1, -0.05) is 46.8 Å². The molecular weight excluding hydrogens is 234 g/mol. The molecule has 2 heteroatoms. The van der Waals surface area contributed by atoms with Crippen LogP contribution in [0.1, 0.15) is 40.2 Å². The lowest BCUT2D eigenvalue weighted by molar-refractivity contribution is 0.148. The Morgan fingerprint density at radius 3 is 2.11 bits per heavy atom. The van der Waals surface area contributed by atoms with Gasteiger partial charge in [0.15, 0.2) is 0 Å². The number of hydrogen-bond donors (Lipinski definition) is 1. The van der Waals surface area contributed by atoms with Gasteiger partial charge in [0, 0.05) is 6.54 Å². The van der Waals surface area contributed by atoms with Gasteiger partial charge in [-0.15, -0.1) is 0 Å². The lowest BCUT2D eigenvalue weighted by atomic mass is 10.1. The Morgan fingerprint density at radius 1 is 1.00 bits per heavy atom. The minimum absolute atomic E-state index is 0.228. The molecule has 1 aromatic carbocycles. The molecule has 0 spiro atoms. The molecule has 1 unspecified atom stereocenters. The zero-order chi connectivity index (χ0) is 14.3. The summed E-state index contributed by atoms with van der Waals surface area (Å²) in [6, 6.07) is 8.45. The third-order valence-corrected chi connectivity index (χ3v) is 3.26. The second-order valence-electron chi connectivity index (χ2n) is 5.95. The van der Waals surface area contributed by atoms with E-state index in [0.717, 1.165) is 25.3 Å². The molecule has 0 saturated carbocycles. The molecule has 0 aromatic heterocycles. The fourth-order valence-corrected chi connectivity index (χ4v) is 1.91. The topological polar surface area (TPSA) is 21.3 Å². The van der Waals surface area contributed by atoms with Gasteiger partial charge < -0.3 is 10.1 Å². The number of nitrogens with one attached hydrogen (secondary N) is 1. The third kappa shape index (κ3) is 6.11. The summed E-state index contributed by atoms with van der Waals surface area (Å²) >= 11 is 0. The van der Waals surface area contributed by atoms with E-state index in [4.69, 9.17) is 4.74 Å². The Hall–Kier alpha value is -1.02. The molecule has 19 heavy (non-hydrogen) atoms. The van der Waals surface area contributed by atoms with Gasteiger partial charge in [0.05, 0.1) is 0 Å². The SMILES string of the molecule is CCc1ccc(OC(CNCC(C)C)C(C)C)cc1. The van der Waals surface area contributed by atoms with Crippen molar-refractivity contribution in [2.75, 3.05) is 13.1 Å². The van der Waals surface area contributed by atoms with E-state index in [1.807, 2.05) is 0 Å². The van der Waals surface area contributed by atoms with Crippen molar-refractivity contribution in [1.29, 1.82) is 0 Å². The summed E-state index contributed by atoms with van der Waals surface area (Å²) < 4.78 is 6.09. The van der Waals surface area contributed by atoms with Crippen molar-refractivity contribution < 1.29 is 4.74 Å². The zero-order valence-corrected chi connectivity index (χ0v) is 13.1. The average molecular weight is 263 g/mol. The Labute approximate surface area is 118 Å². The quantitative estimate of drug-likeness (QED) is 0.768. The molecule has 0 aliphatic carbocycles. The molecule has 1 aromatic rings. The van der Waals surface area contributed by atoms with E-state index in [9.17, 15) is 0 Å². The molecule has 0 bridgehead atoms. The first-order valence-corrected chi connectivity index (χ1v) is 7.49. The predicted octanol–water partition coefficient (Wildman–Crippen LogP) is 3.90. The van der Waals surface area contributed by atoms with Gasteiger partial charge in [0.25, 0.3) is 0 Å². The Bertz CT molecular complexity index is 343.